The van der Waals surface area contributed by atoms with E-state index in [2.05, 4.69) is 196 Å². The van der Waals surface area contributed by atoms with Crippen molar-refractivity contribution in [2.24, 2.45) is 0 Å². The van der Waals surface area contributed by atoms with E-state index in [1.165, 1.54) is 67.3 Å². The molecule has 0 spiro atoms. The number of fused-ring (bicyclic) bond motifs is 2. The van der Waals surface area contributed by atoms with Gasteiger partial charge in [0.15, 0.2) is 0 Å². The van der Waals surface area contributed by atoms with Gasteiger partial charge in [-0.2, -0.15) is 0 Å². The number of halogens is 2. The van der Waals surface area contributed by atoms with E-state index >= 15 is 0 Å². The second-order valence-corrected chi connectivity index (χ2v) is 15.9. The maximum absolute atomic E-state index is 4.81. The predicted molar refractivity (Wildman–Crippen MR) is 222 cm³/mol. The van der Waals surface area contributed by atoms with E-state index in [1.54, 1.807) is 0 Å². The number of nitrogens with zero attached hydrogens (tertiary/aromatic N) is 4. The molecule has 6 aromatic carbocycles. The minimum atomic E-state index is -0.106. The van der Waals surface area contributed by atoms with Gasteiger partial charge in [-0.25, -0.2) is 0 Å². The molecule has 8 rings (SSSR count). The summed E-state index contributed by atoms with van der Waals surface area (Å²) < 4.78 is 0. The zero-order valence-corrected chi connectivity index (χ0v) is 34.0. The Bertz CT molecular complexity index is 1940. The molecule has 53 heavy (non-hydrogen) atoms. The van der Waals surface area contributed by atoms with Crippen molar-refractivity contribution < 1.29 is 15.9 Å². The molecule has 0 aromatic heterocycles. The topological polar surface area (TPSA) is 13.0 Å². The Balaban J connectivity index is 0.000000169. The average Bonchev–Trinajstić information content (AvgIpc) is 3.71. The number of rotatable bonds is 6. The number of hydrogen-bond acceptors (Lipinski definition) is 4. The van der Waals surface area contributed by atoms with Crippen molar-refractivity contribution in [2.45, 2.75) is 54.6 Å². The maximum atomic E-state index is 4.81. The van der Waals surface area contributed by atoms with E-state index in [9.17, 15) is 0 Å². The van der Waals surface area contributed by atoms with Gasteiger partial charge in [-0.05, 0) is 123 Å². The molecule has 6 aromatic rings. The molecule has 0 atom stereocenters. The monoisotopic (exact) mass is 828 g/mol. The van der Waals surface area contributed by atoms with Gasteiger partial charge in [-0.1, -0.05) is 96.1 Å². The van der Waals surface area contributed by atoms with Crippen molar-refractivity contribution in [3.05, 3.63) is 191 Å². The fourth-order valence-electron chi connectivity index (χ4n) is 7.24. The summed E-state index contributed by atoms with van der Waals surface area (Å²) in [5, 5.41) is 0. The second kappa shape index (κ2) is 17.7. The van der Waals surface area contributed by atoms with Crippen LogP contribution in [0.1, 0.15) is 44.5 Å². The molecular formula is C46H44Cl2N4Pd. The summed E-state index contributed by atoms with van der Waals surface area (Å²) in [4.78, 5) is 8.75. The second-order valence-electron chi connectivity index (χ2n) is 13.5. The minimum absolute atomic E-state index is 0.106. The first-order chi connectivity index (χ1) is 25.7. The predicted octanol–water partition coefficient (Wildman–Crippen LogP) is 12.9. The molecule has 4 radical (unpaired) electrons. The molecule has 7 heteroatoms. The van der Waals surface area contributed by atoms with Crippen molar-refractivity contribution in [1.82, 2.24) is 0 Å². The van der Waals surface area contributed by atoms with E-state index in [0.717, 1.165) is 24.5 Å². The average molecular weight is 830 g/mol. The SMILES string of the molecule is Cc1cc(C)c(CN2[C]N(c3ccccc3)c3ccccc32)c(C)c1.Cc1cc(C)c(CN2[C]N(c3ccccc3)c3ccccc32)c(C)c1.[Cl][Pd][Cl]. The van der Waals surface area contributed by atoms with Gasteiger partial charge in [0.2, 0.25) is 13.3 Å². The summed E-state index contributed by atoms with van der Waals surface area (Å²) in [6, 6.07) is 46.9. The third-order valence-corrected chi connectivity index (χ3v) is 9.61. The Morgan fingerprint density at radius 3 is 1.04 bits per heavy atom. The Hall–Kier alpha value is -4.24. The Labute approximate surface area is 332 Å². The van der Waals surface area contributed by atoms with Crippen LogP contribution < -0.4 is 19.6 Å². The first-order valence-electron chi connectivity index (χ1n) is 17.6. The normalized spacial score (nSPS) is 12.9. The van der Waals surface area contributed by atoms with Crippen LogP contribution in [0.3, 0.4) is 0 Å². The van der Waals surface area contributed by atoms with Crippen LogP contribution in [0, 0.1) is 54.9 Å². The summed E-state index contributed by atoms with van der Waals surface area (Å²) in [6.45, 7) is 21.9. The fraction of sp³-hybridized carbons (Fsp3) is 0.174. The number of benzene rings is 6. The molecular weight excluding hydrogens is 786 g/mol. The van der Waals surface area contributed by atoms with Crippen molar-refractivity contribution >= 4 is 53.2 Å². The third kappa shape index (κ3) is 8.94. The summed E-state index contributed by atoms with van der Waals surface area (Å²) in [5.74, 6) is 0. The van der Waals surface area contributed by atoms with Crippen LogP contribution in [0.15, 0.2) is 133 Å². The number of hydrogen-bond donors (Lipinski definition) is 0. The van der Waals surface area contributed by atoms with Gasteiger partial charge >= 0.3 is 35.0 Å². The summed E-state index contributed by atoms with van der Waals surface area (Å²) >= 11 is -0.106. The molecule has 0 amide bonds. The van der Waals surface area contributed by atoms with Crippen LogP contribution in [0.2, 0.25) is 0 Å². The zero-order valence-electron chi connectivity index (χ0n) is 31.0. The summed E-state index contributed by atoms with van der Waals surface area (Å²) in [7, 11) is 9.63. The van der Waals surface area contributed by atoms with Gasteiger partial charge in [0.05, 0.1) is 22.7 Å². The molecule has 2 aliphatic rings. The zero-order chi connectivity index (χ0) is 37.5. The van der Waals surface area contributed by atoms with Crippen molar-refractivity contribution in [3.8, 4) is 0 Å². The fourth-order valence-corrected chi connectivity index (χ4v) is 7.24. The molecule has 0 unspecified atom stereocenters. The van der Waals surface area contributed by atoms with Crippen LogP contribution in [-0.2, 0) is 29.0 Å². The van der Waals surface area contributed by atoms with Crippen molar-refractivity contribution in [2.75, 3.05) is 19.6 Å². The van der Waals surface area contributed by atoms with E-state index in [1.807, 2.05) is 12.1 Å². The molecule has 0 N–H and O–H groups in total. The van der Waals surface area contributed by atoms with Crippen molar-refractivity contribution in [1.29, 1.82) is 0 Å². The Morgan fingerprint density at radius 1 is 0.434 bits per heavy atom. The molecule has 0 bridgehead atoms. The molecule has 272 valence electrons. The van der Waals surface area contributed by atoms with E-state index in [0.29, 0.717) is 0 Å². The van der Waals surface area contributed by atoms with Crippen LogP contribution in [-0.4, -0.2) is 0 Å². The van der Waals surface area contributed by atoms with Gasteiger partial charge in [-0.15, -0.1) is 0 Å². The molecule has 0 saturated heterocycles. The van der Waals surface area contributed by atoms with E-state index in [-0.39, 0.29) is 15.9 Å². The molecule has 2 heterocycles. The number of para-hydroxylation sites is 6. The quantitative estimate of drug-likeness (QED) is 0.155. The van der Waals surface area contributed by atoms with Crippen LogP contribution >= 0.6 is 19.1 Å². The van der Waals surface area contributed by atoms with Gasteiger partial charge < -0.3 is 19.6 Å². The van der Waals surface area contributed by atoms with Crippen LogP contribution in [0.5, 0.6) is 0 Å². The van der Waals surface area contributed by atoms with Crippen LogP contribution in [0.25, 0.3) is 0 Å². The Morgan fingerprint density at radius 2 is 0.717 bits per heavy atom. The van der Waals surface area contributed by atoms with Gasteiger partial charge in [-0.3, -0.25) is 0 Å². The Kier molecular flexibility index (Phi) is 12.9. The van der Waals surface area contributed by atoms with E-state index < -0.39 is 0 Å². The van der Waals surface area contributed by atoms with Gasteiger partial charge in [0.25, 0.3) is 0 Å². The standard InChI is InChI=1S/2C23H22N2.2ClH.Pd/c2*1-17-13-18(2)21(19(3)14-17)15-24-16-25(20-9-5-4-6-10-20)23-12-8-7-11-22(23)24;;;/h2*4-14H,15H2,1-3H3;2*1H;/q;;;;+2/p-2. The molecule has 4 nitrogen and oxygen atoms in total. The first kappa shape index (κ1) is 38.5. The summed E-state index contributed by atoms with van der Waals surface area (Å²) in [6.07, 6.45) is 0. The van der Waals surface area contributed by atoms with E-state index in [4.69, 9.17) is 19.1 Å². The van der Waals surface area contributed by atoms with Crippen LogP contribution in [0.4, 0.5) is 34.1 Å². The molecule has 0 saturated carbocycles. The van der Waals surface area contributed by atoms with Crippen molar-refractivity contribution in [3.63, 3.8) is 0 Å². The molecule has 0 fully saturated rings. The van der Waals surface area contributed by atoms with Gasteiger partial charge in [0.1, 0.15) is 0 Å². The van der Waals surface area contributed by atoms with Gasteiger partial charge in [0, 0.05) is 24.5 Å². The molecule has 2 aliphatic heterocycles. The number of anilines is 6. The number of aryl methyl sites for hydroxylation is 6. The summed E-state index contributed by atoms with van der Waals surface area (Å²) in [5.41, 5.74) is 17.8. The molecule has 0 aliphatic carbocycles. The first-order valence-corrected chi connectivity index (χ1v) is 21.6. The third-order valence-electron chi connectivity index (χ3n) is 9.61.